The van der Waals surface area contributed by atoms with Crippen LogP contribution in [0.1, 0.15) is 77.0 Å². The number of azo groups is 2. The van der Waals surface area contributed by atoms with Gasteiger partial charge in [-0.15, -0.1) is 0 Å². The van der Waals surface area contributed by atoms with Gasteiger partial charge in [-0.1, -0.05) is 0 Å². The van der Waals surface area contributed by atoms with Gasteiger partial charge in [-0.05, 0) is 101 Å². The Balaban J connectivity index is 1.34. The van der Waals surface area contributed by atoms with Gasteiger partial charge in [0.2, 0.25) is 0 Å². The number of methoxy groups -OCH3 is 1. The van der Waals surface area contributed by atoms with Crippen LogP contribution in [0.3, 0.4) is 0 Å². The molecule has 0 aromatic carbocycles. The monoisotopic (exact) mass is 713 g/mol. The van der Waals surface area contributed by atoms with Gasteiger partial charge in [0.1, 0.15) is 17.4 Å². The molecule has 0 saturated heterocycles. The highest BCUT2D eigenvalue weighted by molar-refractivity contribution is 7.86. The van der Waals surface area contributed by atoms with Gasteiger partial charge in [0.15, 0.2) is 0 Å². The molecule has 264 valence electrons. The molecule has 5 aliphatic carbocycles. The van der Waals surface area contributed by atoms with Crippen molar-refractivity contribution in [2.45, 2.75) is 136 Å². The lowest BCUT2D eigenvalue weighted by atomic mass is 9.65. The van der Waals surface area contributed by atoms with Gasteiger partial charge in [-0.3, -0.25) is 17.8 Å². The normalized spacial score (nSPS) is 44.9. The fraction of sp³-hybridized carbons (Fsp3) is 1.00. The Hall–Kier alpha value is -1.03. The van der Waals surface area contributed by atoms with E-state index in [1.54, 1.807) is 7.11 Å². The van der Waals surface area contributed by atoms with Gasteiger partial charge >= 0.3 is 11.4 Å². The van der Waals surface area contributed by atoms with Crippen molar-refractivity contribution in [2.24, 2.45) is 49.9 Å². The number of ether oxygens (including phenoxy) is 1. The van der Waals surface area contributed by atoms with E-state index in [9.17, 15) is 39.8 Å². The van der Waals surface area contributed by atoms with Crippen molar-refractivity contribution in [1.29, 1.82) is 0 Å². The number of rotatable bonds is 9. The molecule has 0 amide bonds. The number of aliphatic hydroxyl groups is 1. The lowest BCUT2D eigenvalue weighted by Gasteiger charge is -2.48. The lowest BCUT2D eigenvalue weighted by Crippen LogP contribution is -2.58. The summed E-state index contributed by atoms with van der Waals surface area (Å²) in [7, 11) is -7.02. The van der Waals surface area contributed by atoms with Crippen LogP contribution in [0.15, 0.2) is 20.5 Å². The summed E-state index contributed by atoms with van der Waals surface area (Å²) >= 11 is -2.71. The molecular weight excluding hydrogens is 667 g/mol. The second-order valence-corrected chi connectivity index (χ2v) is 17.8. The predicted octanol–water partition coefficient (Wildman–Crippen LogP) is 2.32. The Morgan fingerprint density at radius 3 is 2.02 bits per heavy atom. The summed E-state index contributed by atoms with van der Waals surface area (Å²) in [5.41, 5.74) is 6.09. The van der Waals surface area contributed by atoms with Gasteiger partial charge in [0.05, 0.1) is 35.6 Å². The SMILES string of the molecule is COC1CCC(N=NC2CCC(N=NC3C(OS(=O)O)CC4CC(S(=O)(=O)O)C(N)CC4C3O)C3CC(S(=O)(=O)O)CCC23)CC1. The Morgan fingerprint density at radius 2 is 1.41 bits per heavy atom. The van der Waals surface area contributed by atoms with Crippen LogP contribution in [-0.2, 0) is 40.5 Å². The summed E-state index contributed by atoms with van der Waals surface area (Å²) < 4.78 is 99.6. The molecular formula is C27H47N5O11S3. The van der Waals surface area contributed by atoms with Crippen LogP contribution in [0, 0.1) is 23.7 Å². The second-order valence-electron chi connectivity index (χ2n) is 13.8. The van der Waals surface area contributed by atoms with Crippen molar-refractivity contribution >= 4 is 31.6 Å². The maximum Gasteiger partial charge on any atom is 0.302 e. The van der Waals surface area contributed by atoms with E-state index in [1.165, 1.54) is 0 Å². The maximum atomic E-state index is 12.2. The number of nitrogens with two attached hydrogens (primary N) is 1. The van der Waals surface area contributed by atoms with Crippen LogP contribution in [0.25, 0.3) is 0 Å². The molecule has 0 radical (unpaired) electrons. The van der Waals surface area contributed by atoms with Crippen LogP contribution < -0.4 is 5.73 Å². The van der Waals surface area contributed by atoms with Gasteiger partial charge < -0.3 is 15.6 Å². The maximum absolute atomic E-state index is 12.2. The molecule has 5 saturated carbocycles. The van der Waals surface area contributed by atoms with E-state index in [0.29, 0.717) is 25.7 Å². The van der Waals surface area contributed by atoms with E-state index in [2.05, 4.69) is 15.3 Å². The molecule has 0 spiro atoms. The molecule has 19 heteroatoms. The summed E-state index contributed by atoms with van der Waals surface area (Å²) in [6.07, 6.45) is 3.82. The minimum Gasteiger partial charge on any atom is -0.390 e. The van der Waals surface area contributed by atoms with Crippen molar-refractivity contribution in [2.75, 3.05) is 7.11 Å². The molecule has 0 aromatic heterocycles. The minimum atomic E-state index is -4.45. The molecule has 0 bridgehead atoms. The first kappa shape index (κ1) is 36.3. The van der Waals surface area contributed by atoms with E-state index in [-0.39, 0.29) is 55.7 Å². The van der Waals surface area contributed by atoms with E-state index < -0.39 is 84.3 Å². The molecule has 5 aliphatic rings. The summed E-state index contributed by atoms with van der Waals surface area (Å²) in [5, 5.41) is 27.7. The van der Waals surface area contributed by atoms with Gasteiger partial charge in [0, 0.05) is 13.2 Å². The predicted molar refractivity (Wildman–Crippen MR) is 165 cm³/mol. The lowest BCUT2D eigenvalue weighted by molar-refractivity contribution is -0.0580. The molecule has 13 unspecified atom stereocenters. The summed E-state index contributed by atoms with van der Waals surface area (Å²) in [6.45, 7) is 0. The average Bonchev–Trinajstić information content (AvgIpc) is 2.99. The third-order valence-corrected chi connectivity index (χ3v) is 14.2. The number of hydrogen-bond acceptors (Lipinski definition) is 13. The van der Waals surface area contributed by atoms with Crippen LogP contribution in [0.2, 0.25) is 0 Å². The fourth-order valence-corrected chi connectivity index (χ4v) is 11.1. The quantitative estimate of drug-likeness (QED) is 0.131. The molecule has 5 fully saturated rings. The first-order valence-electron chi connectivity index (χ1n) is 16.1. The van der Waals surface area contributed by atoms with Crippen LogP contribution in [0.4, 0.5) is 0 Å². The largest absolute Gasteiger partial charge is 0.390 e. The molecule has 5 rings (SSSR count). The smallest absolute Gasteiger partial charge is 0.302 e. The van der Waals surface area contributed by atoms with Crippen molar-refractivity contribution in [1.82, 2.24) is 0 Å². The zero-order valence-corrected chi connectivity index (χ0v) is 28.3. The Morgan fingerprint density at radius 1 is 0.761 bits per heavy atom. The molecule has 0 aromatic rings. The Kier molecular flexibility index (Phi) is 11.7. The number of hydrogen-bond donors (Lipinski definition) is 5. The molecule has 13 atom stereocenters. The van der Waals surface area contributed by atoms with E-state index in [1.807, 2.05) is 0 Å². The molecule has 0 aliphatic heterocycles. The number of aliphatic hydroxyl groups excluding tert-OH is 1. The summed E-state index contributed by atoms with van der Waals surface area (Å²) in [6, 6.07) is -2.46. The highest BCUT2D eigenvalue weighted by atomic mass is 32.2. The molecule has 16 nitrogen and oxygen atoms in total. The topological polar surface area (TPSA) is 260 Å². The van der Waals surface area contributed by atoms with Gasteiger partial charge in [-0.2, -0.15) is 41.5 Å². The molecule has 6 N–H and O–H groups in total. The average molecular weight is 714 g/mol. The highest BCUT2D eigenvalue weighted by Gasteiger charge is 2.52. The zero-order chi connectivity index (χ0) is 33.4. The fourth-order valence-electron chi connectivity index (χ4n) is 8.77. The van der Waals surface area contributed by atoms with Gasteiger partial charge in [0.25, 0.3) is 20.2 Å². The third-order valence-electron chi connectivity index (χ3n) is 11.2. The standard InChI is InChI=1S/C27H47N5O11S3/c1-42-16-4-2-15(3-5-16)29-30-22-8-9-23(20-12-17(45(36,37)38)6-7-18(20)22)31-32-26-24(43-44(34)35)10-14-11-25(46(39,40)41)21(28)13-19(14)27(26)33/h14-27,33H,2-13,28H2,1H3,(H,34,35)(H,36,37,38)(H,39,40,41). The number of fused-ring (bicyclic) bond motifs is 2. The van der Waals surface area contributed by atoms with Gasteiger partial charge in [-0.25, -0.2) is 0 Å². The van der Waals surface area contributed by atoms with E-state index in [4.69, 9.17) is 19.8 Å². The third kappa shape index (κ3) is 8.39. The molecule has 0 heterocycles. The Bertz CT molecular complexity index is 1360. The van der Waals surface area contributed by atoms with Crippen molar-refractivity contribution < 1.29 is 48.7 Å². The first-order chi connectivity index (χ1) is 21.7. The van der Waals surface area contributed by atoms with Crippen LogP contribution in [-0.4, -0.2) is 106 Å². The molecule has 46 heavy (non-hydrogen) atoms. The van der Waals surface area contributed by atoms with E-state index >= 15 is 0 Å². The Labute approximate surface area is 272 Å². The number of nitrogens with zero attached hydrogens (tertiary/aromatic N) is 4. The van der Waals surface area contributed by atoms with Crippen molar-refractivity contribution in [3.8, 4) is 0 Å². The first-order valence-corrected chi connectivity index (χ1v) is 20.2. The van der Waals surface area contributed by atoms with E-state index in [0.717, 1.165) is 25.7 Å². The minimum absolute atomic E-state index is 0.0406. The van der Waals surface area contributed by atoms with Crippen LogP contribution >= 0.6 is 0 Å². The summed E-state index contributed by atoms with van der Waals surface area (Å²) in [5.74, 6) is -1.30. The summed E-state index contributed by atoms with van der Waals surface area (Å²) in [4.78, 5) is 0. The van der Waals surface area contributed by atoms with Crippen molar-refractivity contribution in [3.63, 3.8) is 0 Å². The van der Waals surface area contributed by atoms with Crippen LogP contribution in [0.5, 0.6) is 0 Å². The van der Waals surface area contributed by atoms with Crippen molar-refractivity contribution in [3.05, 3.63) is 0 Å². The zero-order valence-electron chi connectivity index (χ0n) is 25.8. The highest BCUT2D eigenvalue weighted by Crippen LogP contribution is 2.47. The second kappa shape index (κ2) is 14.8.